The molecular formula is C22H28N6O2. The summed E-state index contributed by atoms with van der Waals surface area (Å²) in [6, 6.07) is 11.5. The zero-order chi connectivity index (χ0) is 21.1. The van der Waals surface area contributed by atoms with Crippen LogP contribution in [0.25, 0.3) is 0 Å². The van der Waals surface area contributed by atoms with Crippen LogP contribution in [0.3, 0.4) is 0 Å². The Labute approximate surface area is 176 Å². The van der Waals surface area contributed by atoms with Crippen LogP contribution in [0.15, 0.2) is 36.4 Å². The van der Waals surface area contributed by atoms with Crippen molar-refractivity contribution in [3.05, 3.63) is 42.2 Å². The Morgan fingerprint density at radius 2 is 1.87 bits per heavy atom. The van der Waals surface area contributed by atoms with Gasteiger partial charge in [-0.05, 0) is 26.0 Å². The average Bonchev–Trinajstić information content (AvgIpc) is 3.15. The van der Waals surface area contributed by atoms with Crippen LogP contribution in [0.1, 0.15) is 19.2 Å². The molecule has 0 aliphatic carbocycles. The first kappa shape index (κ1) is 20.1. The largest absolute Gasteiger partial charge is 0.370 e. The van der Waals surface area contributed by atoms with Crippen LogP contribution in [0.5, 0.6) is 0 Å². The van der Waals surface area contributed by atoms with Gasteiger partial charge in [0.15, 0.2) is 0 Å². The van der Waals surface area contributed by atoms with E-state index in [1.54, 1.807) is 4.90 Å². The van der Waals surface area contributed by atoms with E-state index in [1.165, 1.54) is 0 Å². The Balaban J connectivity index is 1.36. The van der Waals surface area contributed by atoms with E-state index in [9.17, 15) is 9.59 Å². The van der Waals surface area contributed by atoms with Crippen LogP contribution < -0.4 is 15.1 Å². The van der Waals surface area contributed by atoms with E-state index < -0.39 is 0 Å². The molecule has 2 aliphatic heterocycles. The van der Waals surface area contributed by atoms with E-state index in [1.807, 2.05) is 55.1 Å². The molecule has 2 aliphatic rings. The molecule has 1 aromatic heterocycles. The lowest BCUT2D eigenvalue weighted by Crippen LogP contribution is -2.51. The molecule has 2 aromatic rings. The number of benzene rings is 1. The van der Waals surface area contributed by atoms with Crippen molar-refractivity contribution in [3.63, 3.8) is 0 Å². The number of amides is 2. The first-order valence-corrected chi connectivity index (χ1v) is 10.5. The third kappa shape index (κ3) is 4.22. The summed E-state index contributed by atoms with van der Waals surface area (Å²) in [4.78, 5) is 40.3. The number of carbonyl (C=O) groups is 2. The van der Waals surface area contributed by atoms with E-state index in [0.29, 0.717) is 19.6 Å². The molecule has 8 nitrogen and oxygen atoms in total. The molecule has 158 valence electrons. The number of piperazine rings is 1. The maximum atomic E-state index is 13.1. The third-order valence-electron chi connectivity index (χ3n) is 5.64. The van der Waals surface area contributed by atoms with Crippen molar-refractivity contribution in [2.24, 2.45) is 5.92 Å². The maximum Gasteiger partial charge on any atom is 0.228 e. The summed E-state index contributed by atoms with van der Waals surface area (Å²) in [5.41, 5.74) is 0.859. The number of aromatic nitrogens is 2. The fraction of sp³-hybridized carbons (Fsp3) is 0.455. The second kappa shape index (κ2) is 8.69. The summed E-state index contributed by atoms with van der Waals surface area (Å²) in [5.74, 6) is 2.26. The minimum Gasteiger partial charge on any atom is -0.370 e. The molecule has 1 N–H and O–H groups in total. The summed E-state index contributed by atoms with van der Waals surface area (Å²) in [5, 5.41) is 3.23. The summed E-state index contributed by atoms with van der Waals surface area (Å²) in [6.07, 6.45) is 0.283. The molecule has 1 unspecified atom stereocenters. The van der Waals surface area contributed by atoms with Crippen molar-refractivity contribution >= 4 is 29.1 Å². The van der Waals surface area contributed by atoms with Crippen LogP contribution in [-0.4, -0.2) is 66.0 Å². The Morgan fingerprint density at radius 3 is 2.57 bits per heavy atom. The van der Waals surface area contributed by atoms with E-state index in [2.05, 4.69) is 20.2 Å². The lowest BCUT2D eigenvalue weighted by atomic mass is 10.1. The van der Waals surface area contributed by atoms with Crippen molar-refractivity contribution in [2.75, 3.05) is 54.4 Å². The zero-order valence-electron chi connectivity index (χ0n) is 17.5. The number of rotatable bonds is 5. The summed E-state index contributed by atoms with van der Waals surface area (Å²) >= 11 is 0. The molecule has 4 rings (SSSR count). The minimum atomic E-state index is -0.272. The number of nitrogens with zero attached hydrogens (tertiary/aromatic N) is 5. The number of hydrogen-bond donors (Lipinski definition) is 1. The molecule has 2 saturated heterocycles. The normalized spacial score (nSPS) is 19.3. The number of para-hydroxylation sites is 1. The fourth-order valence-corrected chi connectivity index (χ4v) is 4.13. The van der Waals surface area contributed by atoms with Gasteiger partial charge in [-0.25, -0.2) is 9.97 Å². The van der Waals surface area contributed by atoms with Gasteiger partial charge in [-0.15, -0.1) is 0 Å². The lowest BCUT2D eigenvalue weighted by Gasteiger charge is -2.36. The standard InChI is InChI=1S/C22H28N6O2/c1-3-23-19-14-20(25-16(2)24-19)26-9-11-27(12-10-26)22(30)17-13-21(29)28(15-17)18-7-5-4-6-8-18/h4-8,14,17H,3,9-13,15H2,1-2H3,(H,23,24,25). The molecule has 1 atom stereocenters. The van der Waals surface area contributed by atoms with Gasteiger partial charge in [-0.2, -0.15) is 0 Å². The fourth-order valence-electron chi connectivity index (χ4n) is 4.13. The van der Waals surface area contributed by atoms with Crippen LogP contribution in [0.2, 0.25) is 0 Å². The lowest BCUT2D eigenvalue weighted by molar-refractivity contribution is -0.136. The second-order valence-corrected chi connectivity index (χ2v) is 7.74. The first-order valence-electron chi connectivity index (χ1n) is 10.5. The molecule has 30 heavy (non-hydrogen) atoms. The second-order valence-electron chi connectivity index (χ2n) is 7.74. The quantitative estimate of drug-likeness (QED) is 0.814. The van der Waals surface area contributed by atoms with Crippen molar-refractivity contribution in [1.29, 1.82) is 0 Å². The van der Waals surface area contributed by atoms with E-state index in [0.717, 1.165) is 42.8 Å². The average molecular weight is 409 g/mol. The van der Waals surface area contributed by atoms with Crippen LogP contribution in [-0.2, 0) is 9.59 Å². The van der Waals surface area contributed by atoms with Crippen LogP contribution in [0, 0.1) is 12.8 Å². The maximum absolute atomic E-state index is 13.1. The molecule has 0 spiro atoms. The molecule has 0 radical (unpaired) electrons. The van der Waals surface area contributed by atoms with Gasteiger partial charge in [0, 0.05) is 57.4 Å². The van der Waals surface area contributed by atoms with Gasteiger partial charge in [0.1, 0.15) is 17.5 Å². The third-order valence-corrected chi connectivity index (χ3v) is 5.64. The molecule has 1 aromatic carbocycles. The molecule has 2 amide bonds. The van der Waals surface area contributed by atoms with Gasteiger partial charge in [0.25, 0.3) is 0 Å². The van der Waals surface area contributed by atoms with Crippen LogP contribution >= 0.6 is 0 Å². The smallest absolute Gasteiger partial charge is 0.228 e. The monoisotopic (exact) mass is 408 g/mol. The molecule has 3 heterocycles. The molecule has 8 heteroatoms. The topological polar surface area (TPSA) is 81.7 Å². The minimum absolute atomic E-state index is 0.0191. The van der Waals surface area contributed by atoms with Crippen molar-refractivity contribution in [2.45, 2.75) is 20.3 Å². The molecule has 2 fully saturated rings. The Bertz CT molecular complexity index is 911. The van der Waals surface area contributed by atoms with Crippen molar-refractivity contribution < 1.29 is 9.59 Å². The number of hydrogen-bond acceptors (Lipinski definition) is 6. The van der Waals surface area contributed by atoms with E-state index in [-0.39, 0.29) is 24.2 Å². The molecule has 0 saturated carbocycles. The number of anilines is 3. The highest BCUT2D eigenvalue weighted by Crippen LogP contribution is 2.27. The van der Waals surface area contributed by atoms with Gasteiger partial charge in [0.05, 0.1) is 5.92 Å². The van der Waals surface area contributed by atoms with Crippen molar-refractivity contribution in [3.8, 4) is 0 Å². The predicted molar refractivity (Wildman–Crippen MR) is 117 cm³/mol. The van der Waals surface area contributed by atoms with Gasteiger partial charge < -0.3 is 20.0 Å². The van der Waals surface area contributed by atoms with Gasteiger partial charge in [-0.1, -0.05) is 18.2 Å². The van der Waals surface area contributed by atoms with Gasteiger partial charge >= 0.3 is 0 Å². The van der Waals surface area contributed by atoms with E-state index >= 15 is 0 Å². The highest BCUT2D eigenvalue weighted by molar-refractivity contribution is 6.00. The van der Waals surface area contributed by atoms with E-state index in [4.69, 9.17) is 0 Å². The summed E-state index contributed by atoms with van der Waals surface area (Å²) in [7, 11) is 0. The molecular weight excluding hydrogens is 380 g/mol. The summed E-state index contributed by atoms with van der Waals surface area (Å²) < 4.78 is 0. The summed E-state index contributed by atoms with van der Waals surface area (Å²) in [6.45, 7) is 7.89. The van der Waals surface area contributed by atoms with Crippen molar-refractivity contribution in [1.82, 2.24) is 14.9 Å². The Hall–Kier alpha value is -3.16. The highest BCUT2D eigenvalue weighted by Gasteiger charge is 2.38. The van der Waals surface area contributed by atoms with Gasteiger partial charge in [-0.3, -0.25) is 9.59 Å². The van der Waals surface area contributed by atoms with Gasteiger partial charge in [0.2, 0.25) is 11.8 Å². The molecule has 0 bridgehead atoms. The number of aryl methyl sites for hydroxylation is 1. The first-order chi connectivity index (χ1) is 14.5. The Kier molecular flexibility index (Phi) is 5.83. The zero-order valence-corrected chi connectivity index (χ0v) is 17.5. The van der Waals surface area contributed by atoms with Crippen LogP contribution in [0.4, 0.5) is 17.3 Å². The predicted octanol–water partition coefficient (Wildman–Crippen LogP) is 1.92. The SMILES string of the molecule is CCNc1cc(N2CCN(C(=O)C3CC(=O)N(c4ccccc4)C3)CC2)nc(C)n1. The number of nitrogens with one attached hydrogen (secondary N) is 1. The number of carbonyl (C=O) groups excluding carboxylic acids is 2. The highest BCUT2D eigenvalue weighted by atomic mass is 16.2. The Morgan fingerprint density at radius 1 is 1.13 bits per heavy atom.